The van der Waals surface area contributed by atoms with Gasteiger partial charge in [0.1, 0.15) is 0 Å². The van der Waals surface area contributed by atoms with Crippen LogP contribution in [0.25, 0.3) is 0 Å². The second kappa shape index (κ2) is 4.12. The van der Waals surface area contributed by atoms with Gasteiger partial charge in [0.25, 0.3) is 0 Å². The molecule has 13 heavy (non-hydrogen) atoms. The van der Waals surface area contributed by atoms with Crippen molar-refractivity contribution in [1.29, 1.82) is 0 Å². The number of allylic oxidation sites excluding steroid dienone is 2. The average Bonchev–Trinajstić information content (AvgIpc) is 2.48. The zero-order chi connectivity index (χ0) is 9.84. The van der Waals surface area contributed by atoms with Gasteiger partial charge in [-0.1, -0.05) is 19.1 Å². The minimum absolute atomic E-state index is 0.539. The molecule has 1 heterocycles. The molecule has 0 atom stereocenters. The lowest BCUT2D eigenvalue weighted by atomic mass is 10.1. The molecular weight excluding hydrogens is 166 g/mol. The molecule has 0 aromatic carbocycles. The third-order valence-corrected chi connectivity index (χ3v) is 2.20. The summed E-state index contributed by atoms with van der Waals surface area (Å²) in [5.41, 5.74) is 2.30. The summed E-state index contributed by atoms with van der Waals surface area (Å²) in [6.45, 7) is 5.09. The molecule has 0 radical (unpaired) electrons. The first-order chi connectivity index (χ1) is 6.19. The molecule has 1 fully saturated rings. The Kier molecular flexibility index (Phi) is 3.12. The molecule has 1 N–H and O–H groups in total. The van der Waals surface area contributed by atoms with Gasteiger partial charge in [0.2, 0.25) is 0 Å². The van der Waals surface area contributed by atoms with Crippen LogP contribution in [-0.4, -0.2) is 29.2 Å². The molecule has 1 aliphatic rings. The van der Waals surface area contributed by atoms with Crippen molar-refractivity contribution < 1.29 is 9.90 Å². The van der Waals surface area contributed by atoms with Crippen LogP contribution in [0.1, 0.15) is 20.3 Å². The number of nitrogens with zero attached hydrogens (tertiary/aromatic N) is 1. The first-order valence-corrected chi connectivity index (χ1v) is 4.51. The molecule has 72 valence electrons. The van der Waals surface area contributed by atoms with E-state index in [-0.39, 0.29) is 0 Å². The van der Waals surface area contributed by atoms with Gasteiger partial charge in [0.15, 0.2) is 0 Å². The largest absolute Gasteiger partial charge is 0.465 e. The number of hydrogen-bond donors (Lipinski definition) is 1. The third-order valence-electron chi connectivity index (χ3n) is 2.20. The third kappa shape index (κ3) is 2.11. The quantitative estimate of drug-likeness (QED) is 0.674. The number of carboxylic acid groups (broad SMARTS) is 1. The van der Waals surface area contributed by atoms with Crippen molar-refractivity contribution in [3.63, 3.8) is 0 Å². The smallest absolute Gasteiger partial charge is 0.407 e. The van der Waals surface area contributed by atoms with Gasteiger partial charge in [0, 0.05) is 13.1 Å². The van der Waals surface area contributed by atoms with Gasteiger partial charge in [-0.2, -0.15) is 0 Å². The van der Waals surface area contributed by atoms with Crippen LogP contribution in [0.3, 0.4) is 0 Å². The van der Waals surface area contributed by atoms with Crippen LogP contribution >= 0.6 is 0 Å². The van der Waals surface area contributed by atoms with Gasteiger partial charge < -0.3 is 5.11 Å². The van der Waals surface area contributed by atoms with Crippen LogP contribution in [-0.2, 0) is 0 Å². The van der Waals surface area contributed by atoms with E-state index < -0.39 is 6.09 Å². The molecule has 0 aromatic heterocycles. The Morgan fingerprint density at radius 2 is 2.15 bits per heavy atom. The Balaban J connectivity index is 2.79. The highest BCUT2D eigenvalue weighted by molar-refractivity contribution is 5.68. The number of rotatable bonds is 1. The number of likely N-dealkylation sites (tertiary alicyclic amines) is 1. The van der Waals surface area contributed by atoms with Gasteiger partial charge in [-0.3, -0.25) is 4.90 Å². The molecule has 1 saturated heterocycles. The predicted octanol–water partition coefficient (Wildman–Crippen LogP) is 2.26. The number of amides is 1. The van der Waals surface area contributed by atoms with Crippen molar-refractivity contribution in [2.45, 2.75) is 20.3 Å². The summed E-state index contributed by atoms with van der Waals surface area (Å²) in [6, 6.07) is 0. The van der Waals surface area contributed by atoms with Crippen LogP contribution in [0.4, 0.5) is 4.79 Å². The highest BCUT2D eigenvalue weighted by Gasteiger charge is 2.23. The Labute approximate surface area is 78.4 Å². The van der Waals surface area contributed by atoms with Crippen LogP contribution < -0.4 is 0 Å². The van der Waals surface area contributed by atoms with Gasteiger partial charge in [-0.15, -0.1) is 0 Å². The molecule has 1 amide bonds. The summed E-state index contributed by atoms with van der Waals surface area (Å²) in [5.74, 6) is 0. The highest BCUT2D eigenvalue weighted by atomic mass is 16.4. The maximum atomic E-state index is 10.7. The predicted molar refractivity (Wildman–Crippen MR) is 51.7 cm³/mol. The van der Waals surface area contributed by atoms with E-state index >= 15 is 0 Å². The van der Waals surface area contributed by atoms with E-state index in [1.54, 1.807) is 0 Å². The molecule has 0 aromatic rings. The van der Waals surface area contributed by atoms with Gasteiger partial charge >= 0.3 is 6.09 Å². The molecular formula is C10H15NO2. The summed E-state index contributed by atoms with van der Waals surface area (Å²) in [7, 11) is 0. The van der Waals surface area contributed by atoms with Crippen molar-refractivity contribution >= 4 is 6.09 Å². The van der Waals surface area contributed by atoms with Gasteiger partial charge in [-0.25, -0.2) is 4.79 Å². The van der Waals surface area contributed by atoms with Crippen molar-refractivity contribution in [1.82, 2.24) is 4.90 Å². The normalized spacial score (nSPS) is 23.1. The molecule has 1 rings (SSSR count). The Hall–Kier alpha value is -1.25. The standard InChI is InChI=1S/C10H15NO2/c1-3-5-9-7-11(10(12)13)6-8(9)4-2/h4-5H,3,6-7H2,1-2H3,(H,12,13)/b8-4-,9-5-. The van der Waals surface area contributed by atoms with Crippen molar-refractivity contribution in [2.75, 3.05) is 13.1 Å². The van der Waals surface area contributed by atoms with E-state index in [9.17, 15) is 4.79 Å². The maximum absolute atomic E-state index is 10.7. The molecule has 1 aliphatic heterocycles. The zero-order valence-electron chi connectivity index (χ0n) is 8.08. The average molecular weight is 181 g/mol. The number of carbonyl (C=O) groups is 1. The van der Waals surface area contributed by atoms with Crippen molar-refractivity contribution in [3.05, 3.63) is 23.3 Å². The fraction of sp³-hybridized carbons (Fsp3) is 0.500. The summed E-state index contributed by atoms with van der Waals surface area (Å²) in [6.07, 6.45) is 4.21. The molecule has 0 spiro atoms. The summed E-state index contributed by atoms with van der Waals surface area (Å²) < 4.78 is 0. The fourth-order valence-electron chi connectivity index (χ4n) is 1.52. The van der Waals surface area contributed by atoms with Gasteiger partial charge in [0.05, 0.1) is 0 Å². The van der Waals surface area contributed by atoms with E-state index in [1.807, 2.05) is 13.0 Å². The number of hydrogen-bond acceptors (Lipinski definition) is 1. The van der Waals surface area contributed by atoms with E-state index in [0.29, 0.717) is 13.1 Å². The highest BCUT2D eigenvalue weighted by Crippen LogP contribution is 2.21. The van der Waals surface area contributed by atoms with E-state index in [4.69, 9.17) is 5.11 Å². The lowest BCUT2D eigenvalue weighted by Crippen LogP contribution is -2.25. The molecule has 0 bridgehead atoms. The second-order valence-corrected chi connectivity index (χ2v) is 3.09. The summed E-state index contributed by atoms with van der Waals surface area (Å²) in [4.78, 5) is 12.1. The van der Waals surface area contributed by atoms with Crippen LogP contribution in [0.15, 0.2) is 23.3 Å². The Morgan fingerprint density at radius 1 is 1.54 bits per heavy atom. The van der Waals surface area contributed by atoms with Crippen molar-refractivity contribution in [2.24, 2.45) is 0 Å². The lowest BCUT2D eigenvalue weighted by molar-refractivity contribution is 0.158. The van der Waals surface area contributed by atoms with E-state index in [2.05, 4.69) is 13.0 Å². The lowest BCUT2D eigenvalue weighted by Gasteiger charge is -2.07. The monoisotopic (exact) mass is 181 g/mol. The first-order valence-electron chi connectivity index (χ1n) is 4.51. The van der Waals surface area contributed by atoms with Gasteiger partial charge in [-0.05, 0) is 24.5 Å². The molecule has 3 nitrogen and oxygen atoms in total. The second-order valence-electron chi connectivity index (χ2n) is 3.09. The minimum atomic E-state index is -0.834. The van der Waals surface area contributed by atoms with E-state index in [1.165, 1.54) is 4.90 Å². The maximum Gasteiger partial charge on any atom is 0.407 e. The Bertz CT molecular complexity index is 266. The van der Waals surface area contributed by atoms with Crippen LogP contribution in [0.2, 0.25) is 0 Å². The Morgan fingerprint density at radius 3 is 2.62 bits per heavy atom. The summed E-state index contributed by atoms with van der Waals surface area (Å²) in [5, 5.41) is 8.78. The molecule has 0 aliphatic carbocycles. The molecule has 0 saturated carbocycles. The van der Waals surface area contributed by atoms with Crippen LogP contribution in [0, 0.1) is 0 Å². The zero-order valence-corrected chi connectivity index (χ0v) is 8.08. The van der Waals surface area contributed by atoms with Crippen LogP contribution in [0.5, 0.6) is 0 Å². The molecule has 0 unspecified atom stereocenters. The molecule has 3 heteroatoms. The fourth-order valence-corrected chi connectivity index (χ4v) is 1.52. The summed E-state index contributed by atoms with van der Waals surface area (Å²) >= 11 is 0. The first kappa shape index (κ1) is 9.84. The van der Waals surface area contributed by atoms with E-state index in [0.717, 1.165) is 17.6 Å². The van der Waals surface area contributed by atoms with Crippen molar-refractivity contribution in [3.8, 4) is 0 Å². The SMILES string of the molecule is C/C=C1/CN(C(=O)O)C/C1=C/CC. The topological polar surface area (TPSA) is 40.5 Å². The minimum Gasteiger partial charge on any atom is -0.465 e.